The summed E-state index contributed by atoms with van der Waals surface area (Å²) in [5.74, 6) is -8.10. The molecule has 16 heteroatoms. The van der Waals surface area contributed by atoms with E-state index < -0.39 is 78.5 Å². The van der Waals surface area contributed by atoms with Crippen LogP contribution in [0.25, 0.3) is 0 Å². The van der Waals surface area contributed by atoms with Crippen LogP contribution in [-0.4, -0.2) is 81.0 Å². The smallest absolute Gasteiger partial charge is 0.326 e. The molecule has 0 saturated carbocycles. The zero-order valence-electron chi connectivity index (χ0n) is 20.1. The van der Waals surface area contributed by atoms with Gasteiger partial charge in [0.25, 0.3) is 0 Å². The van der Waals surface area contributed by atoms with Gasteiger partial charge in [-0.2, -0.15) is 0 Å². The second-order valence-electron chi connectivity index (χ2n) is 8.27. The van der Waals surface area contributed by atoms with Crippen molar-refractivity contribution in [3.8, 4) is 5.75 Å². The zero-order valence-corrected chi connectivity index (χ0v) is 20.1. The molecule has 0 spiro atoms. The number of primary amides is 2. The van der Waals surface area contributed by atoms with Crippen LogP contribution in [0.1, 0.15) is 31.2 Å². The van der Waals surface area contributed by atoms with E-state index in [2.05, 4.69) is 10.6 Å². The summed E-state index contributed by atoms with van der Waals surface area (Å²) in [6, 6.07) is -0.736. The minimum atomic E-state index is -1.81. The maximum absolute atomic E-state index is 13.1. The topological polar surface area (TPSA) is 294 Å². The molecule has 12 N–H and O–H groups in total. The third-order valence-electron chi connectivity index (χ3n) is 5.08. The van der Waals surface area contributed by atoms with Crippen LogP contribution in [0.15, 0.2) is 24.3 Å². The van der Waals surface area contributed by atoms with Gasteiger partial charge in [0.05, 0.1) is 18.9 Å². The van der Waals surface area contributed by atoms with Gasteiger partial charge in [0.2, 0.25) is 29.5 Å². The van der Waals surface area contributed by atoms with Crippen molar-refractivity contribution in [2.24, 2.45) is 17.2 Å². The van der Waals surface area contributed by atoms with Gasteiger partial charge in [-0.25, -0.2) is 4.79 Å². The van der Waals surface area contributed by atoms with Crippen molar-refractivity contribution in [2.45, 2.75) is 56.3 Å². The van der Waals surface area contributed by atoms with Crippen LogP contribution >= 0.6 is 0 Å². The Balaban J connectivity index is 3.15. The quantitative estimate of drug-likeness (QED) is 0.0990. The number of aromatic hydroxyl groups is 1. The number of benzene rings is 1. The van der Waals surface area contributed by atoms with E-state index in [-0.39, 0.29) is 25.0 Å². The molecule has 0 fully saturated rings. The summed E-state index contributed by atoms with van der Waals surface area (Å²) >= 11 is 0. The lowest BCUT2D eigenvalue weighted by molar-refractivity contribution is -0.144. The average molecular weight is 539 g/mol. The number of carboxylic acids is 2. The molecule has 0 radical (unpaired) electrons. The van der Waals surface area contributed by atoms with Crippen LogP contribution in [0.3, 0.4) is 0 Å². The van der Waals surface area contributed by atoms with E-state index in [0.717, 1.165) is 0 Å². The Morgan fingerprint density at radius 2 is 1.26 bits per heavy atom. The molecule has 16 nitrogen and oxygen atoms in total. The van der Waals surface area contributed by atoms with Crippen LogP contribution in [0.5, 0.6) is 5.75 Å². The molecule has 0 aliphatic carbocycles. The van der Waals surface area contributed by atoms with Gasteiger partial charge in [-0.15, -0.1) is 0 Å². The minimum absolute atomic E-state index is 0.0746. The van der Waals surface area contributed by atoms with Crippen molar-refractivity contribution in [1.82, 2.24) is 16.0 Å². The third kappa shape index (κ3) is 11.3. The molecule has 5 amide bonds. The molecule has 0 aromatic heterocycles. The molecule has 1 aromatic rings. The number of carbonyl (C=O) groups excluding carboxylic acids is 5. The predicted molar refractivity (Wildman–Crippen MR) is 128 cm³/mol. The van der Waals surface area contributed by atoms with Crippen LogP contribution in [0, 0.1) is 0 Å². The van der Waals surface area contributed by atoms with Gasteiger partial charge in [0, 0.05) is 12.8 Å². The van der Waals surface area contributed by atoms with Crippen molar-refractivity contribution < 1.29 is 48.9 Å². The zero-order chi connectivity index (χ0) is 29.0. The average Bonchev–Trinajstić information content (AvgIpc) is 2.81. The number of nitrogens with one attached hydrogen (secondary N) is 3. The summed E-state index contributed by atoms with van der Waals surface area (Å²) < 4.78 is 0. The van der Waals surface area contributed by atoms with Crippen LogP contribution in [0.4, 0.5) is 0 Å². The van der Waals surface area contributed by atoms with E-state index in [1.807, 2.05) is 5.32 Å². The molecule has 1 rings (SSSR count). The molecule has 0 aliphatic rings. The second kappa shape index (κ2) is 14.7. The Hall–Kier alpha value is -4.73. The highest BCUT2D eigenvalue weighted by molar-refractivity contribution is 5.96. The van der Waals surface area contributed by atoms with Gasteiger partial charge in [-0.1, -0.05) is 12.1 Å². The van der Waals surface area contributed by atoms with E-state index >= 15 is 0 Å². The standard InChI is InChI=1S/C22H30N6O10/c23-12(5-6-16(24)30)19(34)26-13(7-10-1-3-11(29)4-2-10)20(35)27-14(9-18(32)33)21(36)28-15(22(37)38)8-17(25)31/h1-4,12-15,29H,5-9,23H2,(H2,24,30)(H2,25,31)(H,26,34)(H,27,35)(H,28,36)(H,32,33)(H,37,38). The molecule has 0 heterocycles. The van der Waals surface area contributed by atoms with E-state index in [9.17, 15) is 48.9 Å². The van der Waals surface area contributed by atoms with E-state index in [1.165, 1.54) is 24.3 Å². The summed E-state index contributed by atoms with van der Waals surface area (Å²) in [5, 5.41) is 34.3. The summed E-state index contributed by atoms with van der Waals surface area (Å²) in [5.41, 5.74) is 16.2. The van der Waals surface area contributed by atoms with Gasteiger partial charge in [-0.3, -0.25) is 28.8 Å². The summed E-state index contributed by atoms with van der Waals surface area (Å²) in [6.07, 6.45) is -2.30. The predicted octanol–water partition coefficient (Wildman–Crippen LogP) is -3.58. The minimum Gasteiger partial charge on any atom is -0.508 e. The number of rotatable bonds is 16. The molecule has 0 saturated heterocycles. The number of carbonyl (C=O) groups is 7. The first-order chi connectivity index (χ1) is 17.7. The molecule has 0 bridgehead atoms. The summed E-state index contributed by atoms with van der Waals surface area (Å²) in [6.45, 7) is 0. The lowest BCUT2D eigenvalue weighted by Gasteiger charge is -2.24. The number of hydrogen-bond acceptors (Lipinski definition) is 9. The summed E-state index contributed by atoms with van der Waals surface area (Å²) in [4.78, 5) is 83.0. The molecule has 208 valence electrons. The third-order valence-corrected chi connectivity index (χ3v) is 5.08. The highest BCUT2D eigenvalue weighted by atomic mass is 16.4. The molecule has 1 aromatic carbocycles. The summed E-state index contributed by atoms with van der Waals surface area (Å²) in [7, 11) is 0. The van der Waals surface area contributed by atoms with Crippen molar-refractivity contribution in [3.05, 3.63) is 29.8 Å². The molecule has 4 atom stereocenters. The Bertz CT molecular complexity index is 1060. The molecular formula is C22H30N6O10. The van der Waals surface area contributed by atoms with Crippen molar-refractivity contribution >= 4 is 41.5 Å². The first kappa shape index (κ1) is 31.3. The van der Waals surface area contributed by atoms with E-state index in [0.29, 0.717) is 5.56 Å². The molecule has 0 aliphatic heterocycles. The van der Waals surface area contributed by atoms with Crippen LogP contribution in [0.2, 0.25) is 0 Å². The van der Waals surface area contributed by atoms with E-state index in [4.69, 9.17) is 17.2 Å². The van der Waals surface area contributed by atoms with Gasteiger partial charge >= 0.3 is 11.9 Å². The Morgan fingerprint density at radius 1 is 0.737 bits per heavy atom. The maximum Gasteiger partial charge on any atom is 0.326 e. The lowest BCUT2D eigenvalue weighted by Crippen LogP contribution is -2.58. The molecule has 4 unspecified atom stereocenters. The fraction of sp³-hybridized carbons (Fsp3) is 0.409. The SMILES string of the molecule is NC(=O)CCC(N)C(=O)NC(Cc1ccc(O)cc1)C(=O)NC(CC(=O)O)C(=O)NC(CC(N)=O)C(=O)O. The fourth-order valence-electron chi connectivity index (χ4n) is 3.11. The molecular weight excluding hydrogens is 508 g/mol. The van der Waals surface area contributed by atoms with Gasteiger partial charge in [0.1, 0.15) is 23.9 Å². The van der Waals surface area contributed by atoms with Crippen LogP contribution in [-0.2, 0) is 40.0 Å². The van der Waals surface area contributed by atoms with Gasteiger partial charge in [0.15, 0.2) is 0 Å². The van der Waals surface area contributed by atoms with Gasteiger partial charge < -0.3 is 48.5 Å². The Kier molecular flexibility index (Phi) is 12.1. The number of phenolic OH excluding ortho intramolecular Hbond substituents is 1. The Morgan fingerprint density at radius 3 is 1.76 bits per heavy atom. The largest absolute Gasteiger partial charge is 0.508 e. The number of aliphatic carboxylic acids is 2. The Labute approximate surface area is 215 Å². The lowest BCUT2D eigenvalue weighted by atomic mass is 10.0. The first-order valence-corrected chi connectivity index (χ1v) is 11.1. The van der Waals surface area contributed by atoms with Crippen molar-refractivity contribution in [1.29, 1.82) is 0 Å². The van der Waals surface area contributed by atoms with Gasteiger partial charge in [-0.05, 0) is 24.1 Å². The monoisotopic (exact) mass is 538 g/mol. The number of amides is 5. The van der Waals surface area contributed by atoms with E-state index in [1.54, 1.807) is 0 Å². The molecule has 38 heavy (non-hydrogen) atoms. The second-order valence-corrected chi connectivity index (χ2v) is 8.27. The van der Waals surface area contributed by atoms with Crippen molar-refractivity contribution in [3.63, 3.8) is 0 Å². The number of phenols is 1. The highest BCUT2D eigenvalue weighted by Gasteiger charge is 2.32. The highest BCUT2D eigenvalue weighted by Crippen LogP contribution is 2.12. The number of hydrogen-bond donors (Lipinski definition) is 9. The van der Waals surface area contributed by atoms with Crippen molar-refractivity contribution in [2.75, 3.05) is 0 Å². The normalized spacial score (nSPS) is 13.7. The fourth-order valence-corrected chi connectivity index (χ4v) is 3.11. The van der Waals surface area contributed by atoms with Crippen LogP contribution < -0.4 is 33.2 Å². The number of carboxylic acid groups (broad SMARTS) is 2. The number of nitrogens with two attached hydrogens (primary N) is 3. The first-order valence-electron chi connectivity index (χ1n) is 11.1. The maximum atomic E-state index is 13.1.